The Morgan fingerprint density at radius 1 is 1.14 bits per heavy atom. The third kappa shape index (κ3) is 3.45. The van der Waals surface area contributed by atoms with E-state index in [0.717, 1.165) is 0 Å². The molecule has 1 heterocycles. The maximum Gasteiger partial charge on any atom is 0.183 e. The molecule has 4 atom stereocenters. The van der Waals surface area contributed by atoms with Crippen molar-refractivity contribution in [3.05, 3.63) is 35.4 Å². The van der Waals surface area contributed by atoms with Crippen LogP contribution in [0.4, 0.5) is 0 Å². The summed E-state index contributed by atoms with van der Waals surface area (Å²) < 4.78 is 4.93. The summed E-state index contributed by atoms with van der Waals surface area (Å²) in [7, 11) is 0. The van der Waals surface area contributed by atoms with Crippen molar-refractivity contribution < 1.29 is 34.8 Å². The van der Waals surface area contributed by atoms with Crippen LogP contribution in [-0.2, 0) is 4.74 Å². The number of carbonyl (C=O) groups excluding carboxylic acids is 2. The number of carboxylic acid groups (broad SMARTS) is 1. The fraction of sp³-hybridized carbons (Fsp3) is 0.429. The van der Waals surface area contributed by atoms with Gasteiger partial charge >= 0.3 is 0 Å². The summed E-state index contributed by atoms with van der Waals surface area (Å²) in [6.45, 7) is 0. The summed E-state index contributed by atoms with van der Waals surface area (Å²) in [6, 6.07) is 5.45. The third-order valence-electron chi connectivity index (χ3n) is 3.41. The van der Waals surface area contributed by atoms with Crippen molar-refractivity contribution in [1.29, 1.82) is 0 Å². The molecule has 1 aromatic carbocycles. The highest BCUT2D eigenvalue weighted by molar-refractivity contribution is 5.98. The van der Waals surface area contributed by atoms with Gasteiger partial charge in [0, 0.05) is 12.0 Å². The number of aliphatic hydroxyl groups excluding tert-OH is 3. The number of ketones is 1. The Hall–Kier alpha value is -1.80. The Bertz CT molecular complexity index is 542. The second-order valence-electron chi connectivity index (χ2n) is 4.88. The predicted octanol–water partition coefficient (Wildman–Crippen LogP) is -1.55. The molecule has 2 rings (SSSR count). The van der Waals surface area contributed by atoms with Gasteiger partial charge in [-0.1, -0.05) is 18.2 Å². The van der Waals surface area contributed by atoms with Crippen molar-refractivity contribution in [1.82, 2.24) is 0 Å². The summed E-state index contributed by atoms with van der Waals surface area (Å²) in [6.07, 6.45) is -4.89. The molecule has 0 amide bonds. The van der Waals surface area contributed by atoms with Crippen molar-refractivity contribution in [2.75, 3.05) is 0 Å². The normalized spacial score (nSPS) is 28.5. The molecule has 114 valence electrons. The lowest BCUT2D eigenvalue weighted by Gasteiger charge is -2.13. The van der Waals surface area contributed by atoms with Crippen LogP contribution in [0.5, 0.6) is 0 Å². The molecule has 0 radical (unpaired) electrons. The smallest absolute Gasteiger partial charge is 0.183 e. The minimum Gasteiger partial charge on any atom is -0.545 e. The number of carbonyl (C=O) groups is 2. The second-order valence-corrected chi connectivity index (χ2v) is 4.88. The predicted molar refractivity (Wildman–Crippen MR) is 67.2 cm³/mol. The van der Waals surface area contributed by atoms with Crippen LogP contribution in [0.25, 0.3) is 0 Å². The van der Waals surface area contributed by atoms with Gasteiger partial charge in [-0.25, -0.2) is 0 Å². The summed E-state index contributed by atoms with van der Waals surface area (Å²) in [5.41, 5.74) is 0.120. The van der Waals surface area contributed by atoms with Crippen molar-refractivity contribution in [2.45, 2.75) is 37.4 Å². The maximum absolute atomic E-state index is 12.0. The molecule has 1 unspecified atom stereocenters. The number of ether oxygens (including phenoxy) is 1. The molecule has 0 aromatic heterocycles. The van der Waals surface area contributed by atoms with Crippen molar-refractivity contribution in [3.63, 3.8) is 0 Å². The van der Waals surface area contributed by atoms with Crippen LogP contribution in [0.2, 0.25) is 0 Å². The van der Waals surface area contributed by atoms with Gasteiger partial charge in [-0.05, 0) is 18.1 Å². The number of hydrogen-bond acceptors (Lipinski definition) is 7. The third-order valence-corrected chi connectivity index (χ3v) is 3.41. The van der Waals surface area contributed by atoms with Gasteiger partial charge in [-0.3, -0.25) is 4.79 Å². The van der Waals surface area contributed by atoms with E-state index in [1.807, 2.05) is 0 Å². The van der Waals surface area contributed by atoms with Crippen LogP contribution in [0.1, 0.15) is 33.6 Å². The molecular weight excluding hydrogens is 280 g/mol. The van der Waals surface area contributed by atoms with Gasteiger partial charge in [-0.2, -0.15) is 0 Å². The zero-order valence-electron chi connectivity index (χ0n) is 11.0. The first-order valence-corrected chi connectivity index (χ1v) is 6.44. The average molecular weight is 295 g/mol. The number of rotatable bonds is 5. The van der Waals surface area contributed by atoms with E-state index < -0.39 is 30.6 Å². The average Bonchev–Trinajstić information content (AvgIpc) is 2.72. The van der Waals surface area contributed by atoms with E-state index in [-0.39, 0.29) is 29.8 Å². The monoisotopic (exact) mass is 295 g/mol. The molecule has 3 N–H and O–H groups in total. The van der Waals surface area contributed by atoms with Crippen LogP contribution in [0, 0.1) is 0 Å². The first-order chi connectivity index (χ1) is 9.90. The van der Waals surface area contributed by atoms with E-state index >= 15 is 0 Å². The number of hydrogen-bond donors (Lipinski definition) is 3. The fourth-order valence-corrected chi connectivity index (χ4v) is 2.20. The maximum atomic E-state index is 12.0. The number of aromatic carboxylic acids is 1. The number of carboxylic acids is 1. The molecule has 1 fully saturated rings. The zero-order valence-corrected chi connectivity index (χ0v) is 11.0. The van der Waals surface area contributed by atoms with Gasteiger partial charge in [0.25, 0.3) is 0 Å². The van der Waals surface area contributed by atoms with E-state index in [0.29, 0.717) is 0 Å². The SMILES string of the molecule is O=C([O-])c1cccc(C(=O)CC[C@H]2OC(O)[C@H](O)[C@@H]2O)c1. The topological polar surface area (TPSA) is 127 Å². The molecule has 0 saturated carbocycles. The summed E-state index contributed by atoms with van der Waals surface area (Å²) in [5.74, 6) is -1.70. The molecule has 1 aromatic rings. The van der Waals surface area contributed by atoms with Gasteiger partial charge in [0.05, 0.1) is 12.1 Å². The minimum atomic E-state index is -1.47. The summed E-state index contributed by atoms with van der Waals surface area (Å²) in [4.78, 5) is 22.7. The number of benzene rings is 1. The summed E-state index contributed by atoms with van der Waals surface area (Å²) in [5, 5.41) is 38.9. The van der Waals surface area contributed by atoms with Gasteiger partial charge in [0.2, 0.25) is 0 Å². The number of aliphatic hydroxyl groups is 3. The van der Waals surface area contributed by atoms with Crippen LogP contribution in [-0.4, -0.2) is 51.7 Å². The fourth-order valence-electron chi connectivity index (χ4n) is 2.20. The Morgan fingerprint density at radius 2 is 1.81 bits per heavy atom. The van der Waals surface area contributed by atoms with Crippen LogP contribution in [0.15, 0.2) is 24.3 Å². The lowest BCUT2D eigenvalue weighted by molar-refractivity contribution is -0.255. The molecule has 1 aliphatic heterocycles. The highest BCUT2D eigenvalue weighted by Crippen LogP contribution is 2.23. The Morgan fingerprint density at radius 3 is 2.38 bits per heavy atom. The molecule has 0 spiro atoms. The van der Waals surface area contributed by atoms with Gasteiger partial charge < -0.3 is 30.0 Å². The molecule has 0 bridgehead atoms. The van der Waals surface area contributed by atoms with Gasteiger partial charge in [0.15, 0.2) is 12.1 Å². The molecule has 7 nitrogen and oxygen atoms in total. The largest absolute Gasteiger partial charge is 0.545 e. The molecule has 7 heteroatoms. The first kappa shape index (κ1) is 15.6. The molecule has 1 saturated heterocycles. The molecule has 1 aliphatic rings. The number of Topliss-reactive ketones (excluding diaryl/α,β-unsaturated/α-hetero) is 1. The van der Waals surface area contributed by atoms with Crippen LogP contribution < -0.4 is 5.11 Å². The quantitative estimate of drug-likeness (QED) is 0.561. The van der Waals surface area contributed by atoms with Crippen LogP contribution in [0.3, 0.4) is 0 Å². The van der Waals surface area contributed by atoms with Gasteiger partial charge in [0.1, 0.15) is 12.2 Å². The van der Waals surface area contributed by atoms with E-state index in [9.17, 15) is 30.0 Å². The second kappa shape index (κ2) is 6.31. The summed E-state index contributed by atoms with van der Waals surface area (Å²) >= 11 is 0. The van der Waals surface area contributed by atoms with E-state index in [4.69, 9.17) is 4.74 Å². The van der Waals surface area contributed by atoms with E-state index in [2.05, 4.69) is 0 Å². The molecule has 21 heavy (non-hydrogen) atoms. The molecular formula is C14H15O7-. The van der Waals surface area contributed by atoms with Crippen LogP contribution >= 0.6 is 0 Å². The van der Waals surface area contributed by atoms with E-state index in [1.165, 1.54) is 24.3 Å². The highest BCUT2D eigenvalue weighted by Gasteiger charge is 2.41. The minimum absolute atomic E-state index is 0.0162. The Kier molecular flexibility index (Phi) is 4.69. The lowest BCUT2D eigenvalue weighted by Crippen LogP contribution is -2.32. The highest BCUT2D eigenvalue weighted by atomic mass is 16.6. The zero-order chi connectivity index (χ0) is 15.6. The standard InChI is InChI=1S/C14H16O7/c15-9(7-2-1-3-8(6-7)13(18)19)4-5-10-11(16)12(17)14(20)21-10/h1-3,6,10-12,14,16-17,20H,4-5H2,(H,18,19)/p-1/t10-,11-,12-,14?/m1/s1. The lowest BCUT2D eigenvalue weighted by atomic mass is 10.00. The van der Waals surface area contributed by atoms with E-state index in [1.54, 1.807) is 0 Å². The van der Waals surface area contributed by atoms with Crippen molar-refractivity contribution >= 4 is 11.8 Å². The van der Waals surface area contributed by atoms with Crippen molar-refractivity contribution in [2.24, 2.45) is 0 Å². The molecule has 0 aliphatic carbocycles. The first-order valence-electron chi connectivity index (χ1n) is 6.44. The Labute approximate surface area is 120 Å². The van der Waals surface area contributed by atoms with Crippen molar-refractivity contribution in [3.8, 4) is 0 Å². The van der Waals surface area contributed by atoms with Gasteiger partial charge in [-0.15, -0.1) is 0 Å². The Balaban J connectivity index is 1.96.